The highest BCUT2D eigenvalue weighted by Gasteiger charge is 2.32. The Balaban J connectivity index is 2.12. The van der Waals surface area contributed by atoms with Gasteiger partial charge in [0.05, 0.1) is 6.61 Å². The molecule has 3 nitrogen and oxygen atoms in total. The van der Waals surface area contributed by atoms with Crippen molar-refractivity contribution in [2.75, 3.05) is 13.2 Å². The van der Waals surface area contributed by atoms with Gasteiger partial charge >= 0.3 is 0 Å². The topological polar surface area (TPSA) is 40.5 Å². The molecule has 1 aliphatic rings. The normalized spacial score (nSPS) is 14.9. The van der Waals surface area contributed by atoms with E-state index in [0.29, 0.717) is 23.2 Å². The van der Waals surface area contributed by atoms with Gasteiger partial charge in [-0.15, -0.1) is 0 Å². The van der Waals surface area contributed by atoms with Gasteiger partial charge in [-0.2, -0.15) is 0 Å². The standard InChI is InChI=1S/C12H14ClNO2/c13-10-3-1-9(2-4-10)12(16)14(7-8-15)11-5-6-11/h1-4,11,15H,5-8H2. The lowest BCUT2D eigenvalue weighted by Gasteiger charge is -2.21. The number of rotatable bonds is 4. The molecule has 2 rings (SSSR count). The minimum atomic E-state index is -0.0202. The highest BCUT2D eigenvalue weighted by atomic mass is 35.5. The first-order valence-corrected chi connectivity index (χ1v) is 5.77. The van der Waals surface area contributed by atoms with Gasteiger partial charge in [-0.3, -0.25) is 4.79 Å². The van der Waals surface area contributed by atoms with Gasteiger partial charge in [0.15, 0.2) is 0 Å². The molecule has 16 heavy (non-hydrogen) atoms. The smallest absolute Gasteiger partial charge is 0.254 e. The Hall–Kier alpha value is -1.06. The van der Waals surface area contributed by atoms with Gasteiger partial charge in [0.25, 0.3) is 5.91 Å². The second-order valence-electron chi connectivity index (χ2n) is 3.96. The van der Waals surface area contributed by atoms with Crippen LogP contribution in [-0.2, 0) is 0 Å². The van der Waals surface area contributed by atoms with Crippen LogP contribution in [0, 0.1) is 0 Å². The molecule has 0 heterocycles. The molecule has 0 saturated heterocycles. The first-order chi connectivity index (χ1) is 7.72. The summed E-state index contributed by atoms with van der Waals surface area (Å²) in [5, 5.41) is 9.56. The third kappa shape index (κ3) is 2.54. The summed E-state index contributed by atoms with van der Waals surface area (Å²) in [6.45, 7) is 0.419. The second-order valence-corrected chi connectivity index (χ2v) is 4.40. The molecule has 1 amide bonds. The van der Waals surface area contributed by atoms with E-state index in [4.69, 9.17) is 16.7 Å². The molecule has 0 radical (unpaired) electrons. The minimum absolute atomic E-state index is 0.00975. The SMILES string of the molecule is O=C(c1ccc(Cl)cc1)N(CCO)C1CC1. The van der Waals surface area contributed by atoms with E-state index in [-0.39, 0.29) is 12.5 Å². The summed E-state index contributed by atoms with van der Waals surface area (Å²) in [6.07, 6.45) is 2.08. The Morgan fingerprint density at radius 2 is 2.00 bits per heavy atom. The zero-order valence-electron chi connectivity index (χ0n) is 8.90. The largest absolute Gasteiger partial charge is 0.395 e. The average molecular weight is 240 g/mol. The number of amides is 1. The molecular formula is C12H14ClNO2. The van der Waals surface area contributed by atoms with Gasteiger partial charge < -0.3 is 10.0 Å². The number of hydrogen-bond donors (Lipinski definition) is 1. The van der Waals surface area contributed by atoms with Crippen LogP contribution < -0.4 is 0 Å². The molecule has 0 atom stereocenters. The van der Waals surface area contributed by atoms with Crippen LogP contribution in [0.25, 0.3) is 0 Å². The molecule has 1 aromatic carbocycles. The molecule has 0 unspecified atom stereocenters. The number of carbonyl (C=O) groups is 1. The quantitative estimate of drug-likeness (QED) is 0.872. The van der Waals surface area contributed by atoms with Crippen LogP contribution in [-0.4, -0.2) is 35.1 Å². The van der Waals surface area contributed by atoms with Crippen LogP contribution in [0.15, 0.2) is 24.3 Å². The summed E-state index contributed by atoms with van der Waals surface area (Å²) in [6, 6.07) is 7.17. The van der Waals surface area contributed by atoms with Crippen LogP contribution in [0.4, 0.5) is 0 Å². The Morgan fingerprint density at radius 3 is 2.50 bits per heavy atom. The fourth-order valence-corrected chi connectivity index (χ4v) is 1.83. The Bertz CT molecular complexity index is 373. The van der Waals surface area contributed by atoms with Crippen molar-refractivity contribution in [2.45, 2.75) is 18.9 Å². The van der Waals surface area contributed by atoms with E-state index in [9.17, 15) is 4.79 Å². The van der Waals surface area contributed by atoms with Gasteiger partial charge in [-0.05, 0) is 37.1 Å². The summed E-state index contributed by atoms with van der Waals surface area (Å²) < 4.78 is 0. The molecule has 0 aromatic heterocycles. The molecule has 1 aromatic rings. The van der Waals surface area contributed by atoms with Crippen LogP contribution in [0.1, 0.15) is 23.2 Å². The molecule has 0 aliphatic heterocycles. The van der Waals surface area contributed by atoms with Gasteiger partial charge in [0.2, 0.25) is 0 Å². The van der Waals surface area contributed by atoms with E-state index in [1.807, 2.05) is 0 Å². The predicted molar refractivity (Wildman–Crippen MR) is 62.6 cm³/mol. The minimum Gasteiger partial charge on any atom is -0.395 e. The number of halogens is 1. The summed E-state index contributed by atoms with van der Waals surface area (Å²) in [5.41, 5.74) is 0.629. The number of benzene rings is 1. The molecule has 86 valence electrons. The maximum atomic E-state index is 12.1. The molecule has 1 N–H and O–H groups in total. The second kappa shape index (κ2) is 4.85. The third-order valence-corrected chi connectivity index (χ3v) is 2.93. The van der Waals surface area contributed by atoms with Crippen molar-refractivity contribution >= 4 is 17.5 Å². The Labute approximate surface area is 99.6 Å². The van der Waals surface area contributed by atoms with Crippen LogP contribution in [0.3, 0.4) is 0 Å². The zero-order chi connectivity index (χ0) is 11.5. The highest BCUT2D eigenvalue weighted by molar-refractivity contribution is 6.30. The van der Waals surface area contributed by atoms with Gasteiger partial charge in [0, 0.05) is 23.2 Å². The van der Waals surface area contributed by atoms with E-state index in [1.54, 1.807) is 29.2 Å². The molecule has 0 spiro atoms. The maximum absolute atomic E-state index is 12.1. The number of carbonyl (C=O) groups excluding carboxylic acids is 1. The average Bonchev–Trinajstić information content (AvgIpc) is 3.10. The summed E-state index contributed by atoms with van der Waals surface area (Å²) in [4.78, 5) is 13.8. The first kappa shape index (κ1) is 11.4. The van der Waals surface area contributed by atoms with Crippen LogP contribution in [0.2, 0.25) is 5.02 Å². The lowest BCUT2D eigenvalue weighted by molar-refractivity contribution is 0.0707. The molecule has 1 saturated carbocycles. The van der Waals surface area contributed by atoms with Crippen molar-refractivity contribution in [3.05, 3.63) is 34.9 Å². The van der Waals surface area contributed by atoms with Gasteiger partial charge in [-0.1, -0.05) is 11.6 Å². The van der Waals surface area contributed by atoms with Crippen molar-refractivity contribution in [1.82, 2.24) is 4.90 Å². The summed E-state index contributed by atoms with van der Waals surface area (Å²) in [7, 11) is 0. The Kier molecular flexibility index (Phi) is 3.46. The fraction of sp³-hybridized carbons (Fsp3) is 0.417. The lowest BCUT2D eigenvalue weighted by Crippen LogP contribution is -2.35. The highest BCUT2D eigenvalue weighted by Crippen LogP contribution is 2.28. The Morgan fingerprint density at radius 1 is 1.38 bits per heavy atom. The van der Waals surface area contributed by atoms with Crippen LogP contribution in [0.5, 0.6) is 0 Å². The first-order valence-electron chi connectivity index (χ1n) is 5.40. The zero-order valence-corrected chi connectivity index (χ0v) is 9.65. The lowest BCUT2D eigenvalue weighted by atomic mass is 10.2. The number of hydrogen-bond acceptors (Lipinski definition) is 2. The number of aliphatic hydroxyl groups is 1. The maximum Gasteiger partial charge on any atom is 0.254 e. The molecular weight excluding hydrogens is 226 g/mol. The molecule has 0 bridgehead atoms. The van der Waals surface area contributed by atoms with Crippen molar-refractivity contribution in [3.8, 4) is 0 Å². The molecule has 4 heteroatoms. The van der Waals surface area contributed by atoms with Gasteiger partial charge in [-0.25, -0.2) is 0 Å². The molecule has 1 fully saturated rings. The van der Waals surface area contributed by atoms with Crippen molar-refractivity contribution in [1.29, 1.82) is 0 Å². The van der Waals surface area contributed by atoms with Crippen LogP contribution >= 0.6 is 11.6 Å². The van der Waals surface area contributed by atoms with E-state index >= 15 is 0 Å². The van der Waals surface area contributed by atoms with E-state index < -0.39 is 0 Å². The van der Waals surface area contributed by atoms with E-state index in [0.717, 1.165) is 12.8 Å². The fourth-order valence-electron chi connectivity index (χ4n) is 1.70. The molecule has 1 aliphatic carbocycles. The number of nitrogens with zero attached hydrogens (tertiary/aromatic N) is 1. The summed E-state index contributed by atoms with van der Waals surface area (Å²) >= 11 is 5.77. The van der Waals surface area contributed by atoms with E-state index in [1.165, 1.54) is 0 Å². The monoisotopic (exact) mass is 239 g/mol. The van der Waals surface area contributed by atoms with Crippen molar-refractivity contribution in [3.63, 3.8) is 0 Å². The van der Waals surface area contributed by atoms with Crippen molar-refractivity contribution in [2.24, 2.45) is 0 Å². The van der Waals surface area contributed by atoms with Crippen molar-refractivity contribution < 1.29 is 9.90 Å². The van der Waals surface area contributed by atoms with E-state index in [2.05, 4.69) is 0 Å². The number of aliphatic hydroxyl groups excluding tert-OH is 1. The van der Waals surface area contributed by atoms with Gasteiger partial charge in [0.1, 0.15) is 0 Å². The summed E-state index contributed by atoms with van der Waals surface area (Å²) in [5.74, 6) is -0.0202. The third-order valence-electron chi connectivity index (χ3n) is 2.68. The predicted octanol–water partition coefficient (Wildman–Crippen LogP) is 1.94.